The Morgan fingerprint density at radius 2 is 2.30 bits per heavy atom. The van der Waals surface area contributed by atoms with Crippen LogP contribution in [0.15, 0.2) is 16.8 Å². The van der Waals surface area contributed by atoms with E-state index in [2.05, 4.69) is 26.4 Å². The van der Waals surface area contributed by atoms with Crippen molar-refractivity contribution in [3.8, 4) is 0 Å². The lowest BCUT2D eigenvalue weighted by Crippen LogP contribution is -2.49. The molecule has 0 unspecified atom stereocenters. The summed E-state index contributed by atoms with van der Waals surface area (Å²) in [7, 11) is -3.18. The number of sulfonamides is 1. The van der Waals surface area contributed by atoms with E-state index < -0.39 is 10.0 Å². The lowest BCUT2D eigenvalue weighted by molar-refractivity contribution is 0.0164. The molecule has 2 aliphatic heterocycles. The van der Waals surface area contributed by atoms with Gasteiger partial charge in [-0.25, -0.2) is 13.1 Å². The topological polar surface area (TPSA) is 58.6 Å². The van der Waals surface area contributed by atoms with Gasteiger partial charge in [0.05, 0.1) is 19.5 Å². The van der Waals surface area contributed by atoms with Gasteiger partial charge in [-0.05, 0) is 28.3 Å². The number of hydrogen-bond donors (Lipinski definition) is 1. The molecule has 0 aromatic carbocycles. The van der Waals surface area contributed by atoms with E-state index >= 15 is 0 Å². The first-order valence-electron chi connectivity index (χ1n) is 6.80. The number of nitrogens with one attached hydrogen (secondary N) is 1. The third kappa shape index (κ3) is 3.40. The summed E-state index contributed by atoms with van der Waals surface area (Å²) in [6.07, 6.45) is 1.22. The second-order valence-corrected chi connectivity index (χ2v) is 8.34. The molecule has 5 nitrogen and oxygen atoms in total. The summed E-state index contributed by atoms with van der Waals surface area (Å²) in [5.41, 5.74) is 1.34. The zero-order valence-corrected chi connectivity index (χ0v) is 13.1. The van der Waals surface area contributed by atoms with Crippen LogP contribution in [0.5, 0.6) is 0 Å². The molecule has 2 fully saturated rings. The quantitative estimate of drug-likeness (QED) is 0.890. The molecule has 0 radical (unpaired) electrons. The van der Waals surface area contributed by atoms with Crippen LogP contribution in [0.2, 0.25) is 0 Å². The maximum atomic E-state index is 11.4. The molecular weight excluding hydrogens is 296 g/mol. The van der Waals surface area contributed by atoms with E-state index in [1.54, 1.807) is 11.3 Å². The van der Waals surface area contributed by atoms with E-state index in [0.717, 1.165) is 26.2 Å². The molecule has 7 heteroatoms. The highest BCUT2D eigenvalue weighted by Crippen LogP contribution is 2.31. The first-order valence-corrected chi connectivity index (χ1v) is 9.63. The molecule has 3 heterocycles. The Kier molecular flexibility index (Phi) is 4.14. The number of rotatable bonds is 4. The van der Waals surface area contributed by atoms with Crippen LogP contribution in [-0.2, 0) is 21.3 Å². The highest BCUT2D eigenvalue weighted by molar-refractivity contribution is 7.88. The van der Waals surface area contributed by atoms with E-state index in [-0.39, 0.29) is 6.04 Å². The average molecular weight is 316 g/mol. The van der Waals surface area contributed by atoms with Gasteiger partial charge in [0.15, 0.2) is 0 Å². The van der Waals surface area contributed by atoms with Gasteiger partial charge in [-0.15, -0.1) is 0 Å². The van der Waals surface area contributed by atoms with E-state index in [9.17, 15) is 8.42 Å². The summed E-state index contributed by atoms with van der Waals surface area (Å²) in [5.74, 6) is 0.791. The molecule has 3 atom stereocenters. The summed E-state index contributed by atoms with van der Waals surface area (Å²) >= 11 is 1.71. The number of nitrogens with zero attached hydrogens (tertiary/aromatic N) is 1. The summed E-state index contributed by atoms with van der Waals surface area (Å²) < 4.78 is 31.2. The van der Waals surface area contributed by atoms with Gasteiger partial charge in [-0.1, -0.05) is 0 Å². The maximum Gasteiger partial charge on any atom is 0.209 e. The number of hydrogen-bond acceptors (Lipinski definition) is 5. The fourth-order valence-electron chi connectivity index (χ4n) is 3.26. The van der Waals surface area contributed by atoms with Crippen LogP contribution >= 0.6 is 11.3 Å². The minimum Gasteiger partial charge on any atom is -0.379 e. The van der Waals surface area contributed by atoms with Gasteiger partial charge in [0, 0.05) is 31.6 Å². The van der Waals surface area contributed by atoms with Crippen LogP contribution in [0.3, 0.4) is 0 Å². The lowest BCUT2D eigenvalue weighted by Gasteiger charge is -2.32. The van der Waals surface area contributed by atoms with Crippen molar-refractivity contribution in [3.05, 3.63) is 22.4 Å². The molecule has 0 aliphatic carbocycles. The zero-order valence-electron chi connectivity index (χ0n) is 11.5. The first-order chi connectivity index (χ1) is 9.51. The smallest absolute Gasteiger partial charge is 0.209 e. The highest BCUT2D eigenvalue weighted by Gasteiger charge is 2.41. The molecule has 0 spiro atoms. The highest BCUT2D eigenvalue weighted by atomic mass is 32.2. The van der Waals surface area contributed by atoms with Gasteiger partial charge in [0.2, 0.25) is 10.0 Å². The molecule has 2 saturated heterocycles. The third-order valence-electron chi connectivity index (χ3n) is 4.07. The molecule has 2 aliphatic rings. The van der Waals surface area contributed by atoms with E-state index in [0.29, 0.717) is 18.4 Å². The monoisotopic (exact) mass is 316 g/mol. The zero-order chi connectivity index (χ0) is 14.2. The Hall–Kier alpha value is -0.470. The first kappa shape index (κ1) is 14.5. The second kappa shape index (κ2) is 5.73. The van der Waals surface area contributed by atoms with E-state index in [1.165, 1.54) is 11.8 Å². The van der Waals surface area contributed by atoms with Crippen molar-refractivity contribution in [3.63, 3.8) is 0 Å². The van der Waals surface area contributed by atoms with Gasteiger partial charge in [0.1, 0.15) is 0 Å². The van der Waals surface area contributed by atoms with Crippen LogP contribution in [0.25, 0.3) is 0 Å². The second-order valence-electron chi connectivity index (χ2n) is 5.78. The van der Waals surface area contributed by atoms with Gasteiger partial charge >= 0.3 is 0 Å². The summed E-state index contributed by atoms with van der Waals surface area (Å²) in [4.78, 5) is 2.41. The SMILES string of the molecule is CS(=O)(=O)N[C@@H]1COC[C@@H]2CN(Cc3ccsc3)C[C@@H]21. The Labute approximate surface area is 124 Å². The van der Waals surface area contributed by atoms with Gasteiger partial charge in [0.25, 0.3) is 0 Å². The molecular formula is C13H20N2O3S2. The number of ether oxygens (including phenoxy) is 1. The molecule has 1 aromatic heterocycles. The Morgan fingerprint density at radius 3 is 3.00 bits per heavy atom. The third-order valence-corrected chi connectivity index (χ3v) is 5.53. The predicted octanol–water partition coefficient (Wildman–Crippen LogP) is 0.744. The molecule has 1 N–H and O–H groups in total. The largest absolute Gasteiger partial charge is 0.379 e. The van der Waals surface area contributed by atoms with Crippen LogP contribution in [0.4, 0.5) is 0 Å². The van der Waals surface area contributed by atoms with Crippen LogP contribution < -0.4 is 4.72 Å². The minimum atomic E-state index is -3.18. The Bertz CT molecular complexity index is 544. The van der Waals surface area contributed by atoms with Gasteiger partial charge < -0.3 is 4.74 Å². The van der Waals surface area contributed by atoms with Crippen molar-refractivity contribution in [2.45, 2.75) is 12.6 Å². The van der Waals surface area contributed by atoms with Crippen molar-refractivity contribution in [2.24, 2.45) is 11.8 Å². The summed E-state index contributed by atoms with van der Waals surface area (Å²) in [5, 5.41) is 4.26. The van der Waals surface area contributed by atoms with Crippen molar-refractivity contribution in [1.82, 2.24) is 9.62 Å². The Balaban J connectivity index is 1.65. The molecule has 0 saturated carbocycles. The number of fused-ring (bicyclic) bond motifs is 1. The van der Waals surface area contributed by atoms with Crippen molar-refractivity contribution < 1.29 is 13.2 Å². The minimum absolute atomic E-state index is 0.0868. The molecule has 3 rings (SSSR count). The summed E-state index contributed by atoms with van der Waals surface area (Å²) in [6.45, 7) is 4.11. The lowest BCUT2D eigenvalue weighted by atomic mass is 9.88. The van der Waals surface area contributed by atoms with Crippen LogP contribution in [0, 0.1) is 11.8 Å². The number of thiophene rings is 1. The molecule has 0 bridgehead atoms. The number of likely N-dealkylation sites (tertiary alicyclic amines) is 1. The fraction of sp³-hybridized carbons (Fsp3) is 0.692. The van der Waals surface area contributed by atoms with Crippen LogP contribution in [-0.4, -0.2) is 51.9 Å². The van der Waals surface area contributed by atoms with Gasteiger partial charge in [-0.2, -0.15) is 11.3 Å². The maximum absolute atomic E-state index is 11.4. The fourth-order valence-corrected chi connectivity index (χ4v) is 4.71. The molecule has 20 heavy (non-hydrogen) atoms. The summed E-state index contributed by atoms with van der Waals surface area (Å²) in [6, 6.07) is 2.06. The normalized spacial score (nSPS) is 31.4. The Morgan fingerprint density at radius 1 is 1.45 bits per heavy atom. The van der Waals surface area contributed by atoms with E-state index in [4.69, 9.17) is 4.74 Å². The van der Waals surface area contributed by atoms with Crippen molar-refractivity contribution in [2.75, 3.05) is 32.6 Å². The van der Waals surface area contributed by atoms with Gasteiger partial charge in [-0.3, -0.25) is 4.90 Å². The molecule has 112 valence electrons. The average Bonchev–Trinajstić information content (AvgIpc) is 2.97. The standard InChI is InChI=1S/C13H20N2O3S2/c1-20(16,17)14-13-8-18-7-11-5-15(6-12(11)13)4-10-2-3-19-9-10/h2-3,9,11-14H,4-8H2,1H3/t11-,12-,13+/m0/s1. The van der Waals surface area contributed by atoms with Crippen molar-refractivity contribution in [1.29, 1.82) is 0 Å². The predicted molar refractivity (Wildman–Crippen MR) is 79.2 cm³/mol. The van der Waals surface area contributed by atoms with Crippen LogP contribution in [0.1, 0.15) is 5.56 Å². The van der Waals surface area contributed by atoms with E-state index in [1.807, 2.05) is 0 Å². The van der Waals surface area contributed by atoms with Crippen molar-refractivity contribution >= 4 is 21.4 Å². The molecule has 1 aromatic rings. The molecule has 0 amide bonds.